The van der Waals surface area contributed by atoms with Gasteiger partial charge in [-0.15, -0.1) is 0 Å². The molecule has 29 heavy (non-hydrogen) atoms. The van der Waals surface area contributed by atoms with Gasteiger partial charge >= 0.3 is 0 Å². The van der Waals surface area contributed by atoms with Crippen LogP contribution in [0.1, 0.15) is 50.7 Å². The van der Waals surface area contributed by atoms with Gasteiger partial charge in [0.25, 0.3) is 0 Å². The Labute approximate surface area is 173 Å². The average Bonchev–Trinajstić information content (AvgIpc) is 2.79. The first-order valence-electron chi connectivity index (χ1n) is 10.2. The first kappa shape index (κ1) is 22.3. The highest BCUT2D eigenvalue weighted by atomic mass is 19.1. The van der Waals surface area contributed by atoms with Crippen molar-refractivity contribution in [3.05, 3.63) is 89.5 Å². The van der Waals surface area contributed by atoms with Crippen molar-refractivity contribution < 1.29 is 4.39 Å². The summed E-state index contributed by atoms with van der Waals surface area (Å²) in [5, 5.41) is 3.52. The Bertz CT molecular complexity index is 849. The van der Waals surface area contributed by atoms with Crippen LogP contribution < -0.4 is 5.32 Å². The van der Waals surface area contributed by atoms with E-state index in [0.29, 0.717) is 5.70 Å². The average molecular weight is 392 g/mol. The molecule has 1 aliphatic carbocycles. The van der Waals surface area contributed by atoms with Crippen LogP contribution in [0.2, 0.25) is 0 Å². The summed E-state index contributed by atoms with van der Waals surface area (Å²) < 4.78 is 13.3. The number of aromatic nitrogens is 1. The van der Waals surface area contributed by atoms with Gasteiger partial charge in [0.15, 0.2) is 0 Å². The molecule has 0 unspecified atom stereocenters. The van der Waals surface area contributed by atoms with Gasteiger partial charge in [0.2, 0.25) is 0 Å². The third-order valence-electron chi connectivity index (χ3n) is 4.56. The lowest BCUT2D eigenvalue weighted by molar-refractivity contribution is 0.627. The predicted octanol–water partition coefficient (Wildman–Crippen LogP) is 6.42. The van der Waals surface area contributed by atoms with Crippen molar-refractivity contribution in [2.24, 2.45) is 4.99 Å². The van der Waals surface area contributed by atoms with Crippen molar-refractivity contribution in [3.63, 3.8) is 0 Å². The third kappa shape index (κ3) is 6.83. The van der Waals surface area contributed by atoms with Crippen LogP contribution in [0.3, 0.4) is 0 Å². The predicted molar refractivity (Wildman–Crippen MR) is 122 cm³/mol. The minimum atomic E-state index is -0.268. The van der Waals surface area contributed by atoms with Crippen LogP contribution in [0.4, 0.5) is 4.39 Å². The zero-order chi connectivity index (χ0) is 20.9. The van der Waals surface area contributed by atoms with Crippen LogP contribution in [-0.2, 0) is 0 Å². The van der Waals surface area contributed by atoms with Gasteiger partial charge in [-0.25, -0.2) is 4.39 Å². The zero-order valence-electron chi connectivity index (χ0n) is 17.4. The molecule has 0 saturated heterocycles. The largest absolute Gasteiger partial charge is 0.383 e. The summed E-state index contributed by atoms with van der Waals surface area (Å²) in [6.45, 7) is 8.55. The van der Waals surface area contributed by atoms with Gasteiger partial charge < -0.3 is 5.32 Å². The van der Waals surface area contributed by atoms with Gasteiger partial charge in [-0.1, -0.05) is 37.6 Å². The summed E-state index contributed by atoms with van der Waals surface area (Å²) >= 11 is 0. The summed E-state index contributed by atoms with van der Waals surface area (Å²) in [5.41, 5.74) is 4.90. The maximum Gasteiger partial charge on any atom is 0.123 e. The second kappa shape index (κ2) is 12.4. The van der Waals surface area contributed by atoms with E-state index in [1.165, 1.54) is 17.7 Å². The van der Waals surface area contributed by atoms with Gasteiger partial charge in [0.1, 0.15) is 5.82 Å². The van der Waals surface area contributed by atoms with Crippen LogP contribution in [0.15, 0.2) is 77.6 Å². The number of rotatable bonds is 8. The highest BCUT2D eigenvalue weighted by molar-refractivity contribution is 5.90. The van der Waals surface area contributed by atoms with E-state index < -0.39 is 0 Å². The summed E-state index contributed by atoms with van der Waals surface area (Å²) in [4.78, 5) is 8.33. The molecule has 0 spiro atoms. The van der Waals surface area contributed by atoms with Crippen molar-refractivity contribution in [1.29, 1.82) is 0 Å². The number of allylic oxidation sites excluding steroid dienone is 4. The lowest BCUT2D eigenvalue weighted by atomic mass is 10.0. The van der Waals surface area contributed by atoms with Crippen molar-refractivity contribution in [2.75, 3.05) is 6.54 Å². The van der Waals surface area contributed by atoms with Crippen LogP contribution in [-0.4, -0.2) is 18.2 Å². The number of benzene rings is 1. The number of nitrogens with zero attached hydrogens (tertiary/aromatic N) is 2. The molecule has 0 amide bonds. The normalized spacial score (nSPS) is 13.6. The summed E-state index contributed by atoms with van der Waals surface area (Å²) in [5.74, 6) is -0.268. The van der Waals surface area contributed by atoms with E-state index in [9.17, 15) is 4.39 Å². The molecule has 3 nitrogen and oxygen atoms in total. The SMILES string of the molecule is C=N/C(=C(\NCCCC1=CC=CCC1)c1ccncc1)c1ccc(F)cc1.CC. The molecule has 1 N–H and O–H groups in total. The molecule has 0 atom stereocenters. The van der Waals surface area contributed by atoms with E-state index in [2.05, 4.69) is 40.2 Å². The van der Waals surface area contributed by atoms with Crippen molar-refractivity contribution in [1.82, 2.24) is 10.3 Å². The van der Waals surface area contributed by atoms with E-state index in [-0.39, 0.29) is 5.82 Å². The number of halogens is 1. The van der Waals surface area contributed by atoms with Crippen molar-refractivity contribution in [2.45, 2.75) is 39.5 Å². The highest BCUT2D eigenvalue weighted by Gasteiger charge is 2.11. The standard InChI is InChI=1S/C23H24FN3.C2H6/c1-25-22(19-9-11-21(24)12-10-19)23(20-13-16-26-17-14-20)27-15-5-8-18-6-3-2-4-7-18;1-2/h2-3,6,9-14,16-17,27H,1,4-5,7-8,15H2;1-2H3/b23-22-;. The molecule has 1 aromatic carbocycles. The van der Waals surface area contributed by atoms with Gasteiger partial charge in [-0.05, 0) is 68.8 Å². The maximum atomic E-state index is 13.3. The monoisotopic (exact) mass is 391 g/mol. The first-order valence-corrected chi connectivity index (χ1v) is 10.2. The molecule has 4 heteroatoms. The topological polar surface area (TPSA) is 37.3 Å². The van der Waals surface area contributed by atoms with Crippen molar-refractivity contribution in [3.8, 4) is 0 Å². The Morgan fingerprint density at radius 2 is 1.83 bits per heavy atom. The molecule has 1 aromatic heterocycles. The van der Waals surface area contributed by atoms with Crippen LogP contribution in [0, 0.1) is 5.82 Å². The molecular weight excluding hydrogens is 361 g/mol. The van der Waals surface area contributed by atoms with Crippen LogP contribution in [0.5, 0.6) is 0 Å². The lowest BCUT2D eigenvalue weighted by Crippen LogP contribution is -2.16. The van der Waals surface area contributed by atoms with Crippen LogP contribution in [0.25, 0.3) is 11.4 Å². The van der Waals surface area contributed by atoms with Gasteiger partial charge in [0.05, 0.1) is 11.4 Å². The molecule has 2 aromatic rings. The molecule has 1 aliphatic rings. The molecule has 0 bridgehead atoms. The lowest BCUT2D eigenvalue weighted by Gasteiger charge is -2.16. The Hall–Kier alpha value is -3.01. The molecule has 0 fully saturated rings. The minimum Gasteiger partial charge on any atom is -0.383 e. The molecule has 3 rings (SSSR count). The third-order valence-corrected chi connectivity index (χ3v) is 4.56. The summed E-state index contributed by atoms with van der Waals surface area (Å²) in [6, 6.07) is 10.2. The van der Waals surface area contributed by atoms with Crippen LogP contribution >= 0.6 is 0 Å². The second-order valence-corrected chi connectivity index (χ2v) is 6.45. The van der Waals surface area contributed by atoms with E-state index in [0.717, 1.165) is 49.1 Å². The fourth-order valence-electron chi connectivity index (χ4n) is 3.15. The zero-order valence-corrected chi connectivity index (χ0v) is 17.4. The smallest absolute Gasteiger partial charge is 0.123 e. The number of nitrogens with one attached hydrogen (secondary N) is 1. The second-order valence-electron chi connectivity index (χ2n) is 6.45. The van der Waals surface area contributed by atoms with E-state index in [4.69, 9.17) is 0 Å². The fourth-order valence-corrected chi connectivity index (χ4v) is 3.15. The first-order chi connectivity index (χ1) is 14.3. The molecular formula is C25H30FN3. The minimum absolute atomic E-state index is 0.268. The highest BCUT2D eigenvalue weighted by Crippen LogP contribution is 2.26. The van der Waals surface area contributed by atoms with Gasteiger partial charge in [0, 0.05) is 30.1 Å². The molecule has 152 valence electrons. The number of aliphatic imine (C=N–C) groups is 1. The van der Waals surface area contributed by atoms with E-state index >= 15 is 0 Å². The van der Waals surface area contributed by atoms with Gasteiger partial charge in [-0.3, -0.25) is 9.98 Å². The van der Waals surface area contributed by atoms with Gasteiger partial charge in [-0.2, -0.15) is 0 Å². The number of pyridine rings is 1. The Kier molecular flexibility index (Phi) is 9.56. The van der Waals surface area contributed by atoms with E-state index in [1.54, 1.807) is 24.5 Å². The summed E-state index contributed by atoms with van der Waals surface area (Å²) in [7, 11) is 0. The Morgan fingerprint density at radius 1 is 1.10 bits per heavy atom. The quantitative estimate of drug-likeness (QED) is 0.416. The molecule has 0 radical (unpaired) electrons. The summed E-state index contributed by atoms with van der Waals surface area (Å²) in [6.07, 6.45) is 14.5. The molecule has 0 aliphatic heterocycles. The Balaban J connectivity index is 0.00000145. The van der Waals surface area contributed by atoms with E-state index in [1.807, 2.05) is 26.0 Å². The molecule has 1 heterocycles. The molecule has 0 saturated carbocycles. The maximum absolute atomic E-state index is 13.3. The van der Waals surface area contributed by atoms with Crippen molar-refractivity contribution >= 4 is 18.1 Å². The fraction of sp³-hybridized carbons (Fsp3) is 0.280. The number of hydrogen-bond donors (Lipinski definition) is 1. The number of hydrogen-bond acceptors (Lipinski definition) is 3. The Morgan fingerprint density at radius 3 is 2.45 bits per heavy atom.